The summed E-state index contributed by atoms with van der Waals surface area (Å²) in [5.74, 6) is -0.658. The van der Waals surface area contributed by atoms with Crippen molar-refractivity contribution in [3.05, 3.63) is 30.2 Å². The zero-order chi connectivity index (χ0) is 20.5. The lowest BCUT2D eigenvalue weighted by atomic mass is 10.1. The molecule has 0 saturated carbocycles. The van der Waals surface area contributed by atoms with Gasteiger partial charge in [0.2, 0.25) is 5.88 Å². The summed E-state index contributed by atoms with van der Waals surface area (Å²) < 4.78 is 21.6. The molecular weight excluding hydrogens is 365 g/mol. The Hall–Kier alpha value is -2.52. The Morgan fingerprint density at radius 3 is 2.82 bits per heavy atom. The molecule has 28 heavy (non-hydrogen) atoms. The number of primary amides is 1. The monoisotopic (exact) mass is 391 g/mol. The van der Waals surface area contributed by atoms with Gasteiger partial charge in [-0.3, -0.25) is 9.48 Å². The van der Waals surface area contributed by atoms with Crippen LogP contribution < -0.4 is 10.5 Å². The number of alkyl halides is 1. The molecule has 3 N–H and O–H groups in total. The molecule has 8 nitrogen and oxygen atoms in total. The standard InChI is InChI=1S/C19H26FN5O3/c1-19(2,27)11-25-9-13(8-23-25)12-6-14(17(21)26)18(22-7-12)28-16-4-5-24(3)10-15(16)20/h6-9,15-16,27H,4-5,10-11H2,1-3H3,(H2,21,26)/t15-,16+/m1/s1. The fourth-order valence-electron chi connectivity index (χ4n) is 3.19. The van der Waals surface area contributed by atoms with E-state index in [2.05, 4.69) is 10.1 Å². The molecule has 2 aromatic rings. The zero-order valence-electron chi connectivity index (χ0n) is 16.3. The molecule has 1 fully saturated rings. The molecule has 3 rings (SSSR count). The first-order chi connectivity index (χ1) is 13.1. The van der Waals surface area contributed by atoms with E-state index in [0.717, 1.165) is 0 Å². The van der Waals surface area contributed by atoms with E-state index < -0.39 is 23.8 Å². The van der Waals surface area contributed by atoms with Crippen LogP contribution in [0.5, 0.6) is 5.88 Å². The molecule has 0 aliphatic carbocycles. The van der Waals surface area contributed by atoms with Crippen LogP contribution in [0.25, 0.3) is 11.1 Å². The number of nitrogens with zero attached hydrogens (tertiary/aromatic N) is 4. The summed E-state index contributed by atoms with van der Waals surface area (Å²) >= 11 is 0. The van der Waals surface area contributed by atoms with E-state index in [1.807, 2.05) is 11.9 Å². The predicted molar refractivity (Wildman–Crippen MR) is 102 cm³/mol. The molecule has 2 aromatic heterocycles. The van der Waals surface area contributed by atoms with Crippen LogP contribution in [0.3, 0.4) is 0 Å². The summed E-state index contributed by atoms with van der Waals surface area (Å²) in [6, 6.07) is 1.57. The van der Waals surface area contributed by atoms with Gasteiger partial charge < -0.3 is 20.5 Å². The van der Waals surface area contributed by atoms with Crippen LogP contribution in [-0.4, -0.2) is 68.7 Å². The number of carbonyl (C=O) groups excluding carboxylic acids is 1. The third kappa shape index (κ3) is 4.85. The van der Waals surface area contributed by atoms with E-state index in [1.165, 1.54) is 6.20 Å². The van der Waals surface area contributed by atoms with Crippen LogP contribution in [0.15, 0.2) is 24.7 Å². The minimum Gasteiger partial charge on any atom is -0.471 e. The minimum atomic E-state index is -1.17. The average Bonchev–Trinajstić information content (AvgIpc) is 3.04. The molecule has 152 valence electrons. The van der Waals surface area contributed by atoms with Crippen molar-refractivity contribution in [2.24, 2.45) is 5.73 Å². The topological polar surface area (TPSA) is 106 Å². The van der Waals surface area contributed by atoms with Gasteiger partial charge in [-0.25, -0.2) is 9.37 Å². The molecule has 1 amide bonds. The number of carbonyl (C=O) groups is 1. The van der Waals surface area contributed by atoms with Gasteiger partial charge in [0.05, 0.1) is 18.3 Å². The normalized spacial score (nSPS) is 20.9. The molecule has 9 heteroatoms. The Morgan fingerprint density at radius 2 is 2.18 bits per heavy atom. The zero-order valence-corrected chi connectivity index (χ0v) is 16.3. The van der Waals surface area contributed by atoms with Crippen molar-refractivity contribution in [2.45, 2.75) is 44.7 Å². The van der Waals surface area contributed by atoms with Crippen LogP contribution in [0.2, 0.25) is 0 Å². The molecule has 3 heterocycles. The summed E-state index contributed by atoms with van der Waals surface area (Å²) in [7, 11) is 1.85. The number of rotatable bonds is 6. The fourth-order valence-corrected chi connectivity index (χ4v) is 3.19. The molecule has 1 aliphatic rings. The van der Waals surface area contributed by atoms with E-state index in [-0.39, 0.29) is 18.0 Å². The number of nitrogens with two attached hydrogens (primary N) is 1. The van der Waals surface area contributed by atoms with Crippen molar-refractivity contribution >= 4 is 5.91 Å². The molecule has 1 saturated heterocycles. The molecule has 2 atom stereocenters. The van der Waals surface area contributed by atoms with Gasteiger partial charge in [-0.05, 0) is 33.4 Å². The molecule has 0 unspecified atom stereocenters. The summed E-state index contributed by atoms with van der Waals surface area (Å²) in [6.45, 7) is 4.67. The van der Waals surface area contributed by atoms with E-state index in [9.17, 15) is 14.3 Å². The lowest BCUT2D eigenvalue weighted by molar-refractivity contribution is 0.0280. The van der Waals surface area contributed by atoms with E-state index in [0.29, 0.717) is 30.6 Å². The van der Waals surface area contributed by atoms with Crippen molar-refractivity contribution in [1.29, 1.82) is 0 Å². The van der Waals surface area contributed by atoms with Gasteiger partial charge in [0.1, 0.15) is 17.8 Å². The summed E-state index contributed by atoms with van der Waals surface area (Å²) in [5.41, 5.74) is 6.03. The molecule has 0 spiro atoms. The number of ether oxygens (including phenoxy) is 1. The van der Waals surface area contributed by atoms with E-state index >= 15 is 0 Å². The highest BCUT2D eigenvalue weighted by Crippen LogP contribution is 2.27. The third-order valence-electron chi connectivity index (χ3n) is 4.58. The quantitative estimate of drug-likeness (QED) is 0.767. The second kappa shape index (κ2) is 7.84. The highest BCUT2D eigenvalue weighted by atomic mass is 19.1. The maximum Gasteiger partial charge on any atom is 0.254 e. The molecule has 1 aliphatic heterocycles. The minimum absolute atomic E-state index is 0.0392. The second-order valence-corrected chi connectivity index (χ2v) is 7.90. The number of halogens is 1. The van der Waals surface area contributed by atoms with Gasteiger partial charge in [0.15, 0.2) is 0 Å². The van der Waals surface area contributed by atoms with E-state index in [1.54, 1.807) is 37.0 Å². The first-order valence-corrected chi connectivity index (χ1v) is 9.17. The first kappa shape index (κ1) is 20.2. The highest BCUT2D eigenvalue weighted by molar-refractivity contribution is 5.96. The van der Waals surface area contributed by atoms with Crippen molar-refractivity contribution in [1.82, 2.24) is 19.7 Å². The predicted octanol–water partition coefficient (Wildman–Crippen LogP) is 1.24. The SMILES string of the molecule is CN1CC[C@H](Oc2ncc(-c3cnn(CC(C)(C)O)c3)cc2C(N)=O)[C@H](F)C1. The van der Waals surface area contributed by atoms with Crippen molar-refractivity contribution in [3.63, 3.8) is 0 Å². The van der Waals surface area contributed by atoms with Gasteiger partial charge >= 0.3 is 0 Å². The second-order valence-electron chi connectivity index (χ2n) is 7.90. The van der Waals surface area contributed by atoms with Crippen LogP contribution >= 0.6 is 0 Å². The lowest BCUT2D eigenvalue weighted by Gasteiger charge is -2.32. The summed E-state index contributed by atoms with van der Waals surface area (Å²) in [4.78, 5) is 18.0. The maximum absolute atomic E-state index is 14.3. The van der Waals surface area contributed by atoms with Crippen molar-refractivity contribution in [2.75, 3.05) is 20.1 Å². The van der Waals surface area contributed by atoms with Crippen molar-refractivity contribution < 1.29 is 19.0 Å². The van der Waals surface area contributed by atoms with Gasteiger partial charge in [0, 0.05) is 36.6 Å². The van der Waals surface area contributed by atoms with Crippen LogP contribution in [-0.2, 0) is 6.54 Å². The Morgan fingerprint density at radius 1 is 1.43 bits per heavy atom. The number of pyridine rings is 1. The Bertz CT molecular complexity index is 848. The average molecular weight is 391 g/mol. The lowest BCUT2D eigenvalue weighted by Crippen LogP contribution is -2.45. The smallest absolute Gasteiger partial charge is 0.254 e. The van der Waals surface area contributed by atoms with E-state index in [4.69, 9.17) is 10.5 Å². The van der Waals surface area contributed by atoms with Gasteiger partial charge in [0.25, 0.3) is 5.91 Å². The number of likely N-dealkylation sites (tertiary alicyclic amines) is 1. The number of aromatic nitrogens is 3. The first-order valence-electron chi connectivity index (χ1n) is 9.17. The van der Waals surface area contributed by atoms with Gasteiger partial charge in [-0.1, -0.05) is 0 Å². The number of piperidine rings is 1. The highest BCUT2D eigenvalue weighted by Gasteiger charge is 2.30. The van der Waals surface area contributed by atoms with Crippen LogP contribution in [0.1, 0.15) is 30.6 Å². The Balaban J connectivity index is 1.82. The molecule has 0 aromatic carbocycles. The largest absolute Gasteiger partial charge is 0.471 e. The van der Waals surface area contributed by atoms with Gasteiger partial charge in [-0.15, -0.1) is 0 Å². The number of amides is 1. The number of aliphatic hydroxyl groups is 1. The Labute approximate surface area is 163 Å². The van der Waals surface area contributed by atoms with Crippen molar-refractivity contribution in [3.8, 4) is 17.0 Å². The fraction of sp³-hybridized carbons (Fsp3) is 0.526. The van der Waals surface area contributed by atoms with Gasteiger partial charge in [-0.2, -0.15) is 5.10 Å². The molecule has 0 radical (unpaired) electrons. The summed E-state index contributed by atoms with van der Waals surface area (Å²) in [5, 5.41) is 14.1. The third-order valence-corrected chi connectivity index (χ3v) is 4.58. The van der Waals surface area contributed by atoms with Crippen LogP contribution in [0.4, 0.5) is 4.39 Å². The molecular formula is C19H26FN5O3. The maximum atomic E-state index is 14.3. The number of hydrogen-bond donors (Lipinski definition) is 2. The van der Waals surface area contributed by atoms with Crippen LogP contribution in [0, 0.1) is 0 Å². The summed E-state index contributed by atoms with van der Waals surface area (Å²) in [6.07, 6.45) is 3.57. The number of hydrogen-bond acceptors (Lipinski definition) is 6. The molecule has 0 bridgehead atoms. The Kier molecular flexibility index (Phi) is 5.66.